The molecule has 0 aliphatic carbocycles. The van der Waals surface area contributed by atoms with Gasteiger partial charge in [-0.1, -0.05) is 0 Å². The van der Waals surface area contributed by atoms with E-state index in [9.17, 15) is 13.2 Å². The molecule has 70 valence electrons. The zero-order chi connectivity index (χ0) is 10.1. The second kappa shape index (κ2) is 3.04. The first-order valence-corrected chi connectivity index (χ1v) is 3.29. The molecule has 6 heteroatoms. The maximum absolute atomic E-state index is 12.0. The van der Waals surface area contributed by atoms with Crippen LogP contribution in [-0.2, 0) is 6.18 Å². The van der Waals surface area contributed by atoms with Crippen LogP contribution < -0.4 is 5.73 Å². The topological polar surface area (TPSA) is 62.8 Å². The number of halogens is 3. The Kier molecular flexibility index (Phi) is 2.22. The van der Waals surface area contributed by atoms with Gasteiger partial charge in [-0.25, -0.2) is 0 Å². The van der Waals surface area contributed by atoms with Gasteiger partial charge in [0.25, 0.3) is 0 Å². The lowest BCUT2D eigenvalue weighted by molar-refractivity contribution is -0.141. The van der Waals surface area contributed by atoms with Gasteiger partial charge in [0.05, 0.1) is 0 Å². The monoisotopic (exact) mass is 189 g/mol. The van der Waals surface area contributed by atoms with E-state index in [1.54, 1.807) is 0 Å². The molecule has 3 N–H and O–H groups in total. The van der Waals surface area contributed by atoms with E-state index in [2.05, 4.69) is 4.98 Å². The Morgan fingerprint density at radius 3 is 2.31 bits per heavy atom. The van der Waals surface area contributed by atoms with E-state index in [-0.39, 0.29) is 11.4 Å². The number of hydrogen-bond acceptors (Lipinski definition) is 2. The highest BCUT2D eigenvalue weighted by molar-refractivity contribution is 5.94. The van der Waals surface area contributed by atoms with Gasteiger partial charge in [0.15, 0.2) is 0 Å². The Morgan fingerprint density at radius 2 is 2.00 bits per heavy atom. The smallest absolute Gasteiger partial charge is 0.384 e. The number of alkyl halides is 3. The van der Waals surface area contributed by atoms with Crippen LogP contribution in [0.3, 0.4) is 0 Å². The van der Waals surface area contributed by atoms with Crippen molar-refractivity contribution in [2.24, 2.45) is 5.73 Å². The van der Waals surface area contributed by atoms with Crippen molar-refractivity contribution < 1.29 is 13.2 Å². The number of rotatable bonds is 1. The fraction of sp³-hybridized carbons (Fsp3) is 0.143. The van der Waals surface area contributed by atoms with Crippen LogP contribution in [0.15, 0.2) is 18.3 Å². The summed E-state index contributed by atoms with van der Waals surface area (Å²) in [6.45, 7) is 0. The van der Waals surface area contributed by atoms with Crippen molar-refractivity contribution in [3.05, 3.63) is 29.6 Å². The van der Waals surface area contributed by atoms with Crippen LogP contribution in [0.4, 0.5) is 13.2 Å². The predicted octanol–water partition coefficient (Wildman–Crippen LogP) is 1.38. The minimum absolute atomic E-state index is 0.174. The molecule has 1 aromatic rings. The Bertz CT molecular complexity index is 315. The van der Waals surface area contributed by atoms with Gasteiger partial charge in [-0.3, -0.25) is 10.4 Å². The Hall–Kier alpha value is -1.59. The zero-order valence-corrected chi connectivity index (χ0v) is 6.39. The van der Waals surface area contributed by atoms with Crippen LogP contribution in [0.2, 0.25) is 0 Å². The standard InChI is InChI=1S/C7H6F3N3/c8-7(9,10)5-2-1-4(3-13-5)6(11)12/h1-3H,(H3,11,12). The molecule has 0 bridgehead atoms. The Labute approximate surface area is 71.9 Å². The van der Waals surface area contributed by atoms with Crippen molar-refractivity contribution >= 4 is 5.84 Å². The van der Waals surface area contributed by atoms with Gasteiger partial charge in [-0.15, -0.1) is 0 Å². The first kappa shape index (κ1) is 9.50. The average molecular weight is 189 g/mol. The number of nitrogens with one attached hydrogen (secondary N) is 1. The molecule has 1 rings (SSSR count). The van der Waals surface area contributed by atoms with Gasteiger partial charge in [0, 0.05) is 11.8 Å². The maximum Gasteiger partial charge on any atom is 0.433 e. The second-order valence-corrected chi connectivity index (χ2v) is 2.34. The summed E-state index contributed by atoms with van der Waals surface area (Å²) in [7, 11) is 0. The quantitative estimate of drug-likeness (QED) is 0.517. The van der Waals surface area contributed by atoms with Crippen molar-refractivity contribution in [3.63, 3.8) is 0 Å². The summed E-state index contributed by atoms with van der Waals surface area (Å²) in [5.41, 5.74) is 4.22. The summed E-state index contributed by atoms with van der Waals surface area (Å²) in [5, 5.41) is 6.92. The number of pyridine rings is 1. The molecule has 0 amide bonds. The van der Waals surface area contributed by atoms with Crippen LogP contribution in [0.25, 0.3) is 0 Å². The fourth-order valence-corrected chi connectivity index (χ4v) is 0.721. The molecule has 0 radical (unpaired) electrons. The van der Waals surface area contributed by atoms with E-state index in [1.807, 2.05) is 0 Å². The van der Waals surface area contributed by atoms with E-state index in [0.717, 1.165) is 18.3 Å². The zero-order valence-electron chi connectivity index (χ0n) is 6.39. The van der Waals surface area contributed by atoms with Crippen molar-refractivity contribution in [2.75, 3.05) is 0 Å². The van der Waals surface area contributed by atoms with E-state index in [4.69, 9.17) is 11.1 Å². The van der Waals surface area contributed by atoms with E-state index < -0.39 is 11.9 Å². The third kappa shape index (κ3) is 2.17. The molecule has 0 aliphatic heterocycles. The molecule has 1 aromatic heterocycles. The number of nitrogens with zero attached hydrogens (tertiary/aromatic N) is 1. The van der Waals surface area contributed by atoms with Gasteiger partial charge >= 0.3 is 6.18 Å². The summed E-state index contributed by atoms with van der Waals surface area (Å²) >= 11 is 0. The summed E-state index contributed by atoms with van der Waals surface area (Å²) in [6.07, 6.45) is -3.53. The van der Waals surface area contributed by atoms with Crippen molar-refractivity contribution in [3.8, 4) is 0 Å². The second-order valence-electron chi connectivity index (χ2n) is 2.34. The van der Waals surface area contributed by atoms with Crippen LogP contribution in [-0.4, -0.2) is 10.8 Å². The molecule has 0 aromatic carbocycles. The summed E-state index contributed by atoms with van der Waals surface area (Å²) in [4.78, 5) is 3.13. The molecule has 0 saturated heterocycles. The van der Waals surface area contributed by atoms with Crippen molar-refractivity contribution in [1.29, 1.82) is 5.41 Å². The third-order valence-electron chi connectivity index (χ3n) is 1.36. The molecule has 0 aliphatic rings. The third-order valence-corrected chi connectivity index (χ3v) is 1.36. The van der Waals surface area contributed by atoms with E-state index >= 15 is 0 Å². The molecular weight excluding hydrogens is 183 g/mol. The molecule has 0 unspecified atom stereocenters. The SMILES string of the molecule is N=C(N)c1ccc(C(F)(F)F)nc1. The number of amidine groups is 1. The molecular formula is C7H6F3N3. The number of aromatic nitrogens is 1. The number of nitrogen functional groups attached to an aromatic ring is 1. The lowest BCUT2D eigenvalue weighted by Gasteiger charge is -2.05. The summed E-state index contributed by atoms with van der Waals surface area (Å²) < 4.78 is 35.9. The largest absolute Gasteiger partial charge is 0.433 e. The van der Waals surface area contributed by atoms with Gasteiger partial charge in [-0.05, 0) is 12.1 Å². The van der Waals surface area contributed by atoms with Gasteiger partial charge in [0.2, 0.25) is 0 Å². The highest BCUT2D eigenvalue weighted by Crippen LogP contribution is 2.26. The molecule has 0 atom stereocenters. The molecule has 3 nitrogen and oxygen atoms in total. The lowest BCUT2D eigenvalue weighted by atomic mass is 10.2. The van der Waals surface area contributed by atoms with Crippen LogP contribution in [0.5, 0.6) is 0 Å². The average Bonchev–Trinajstić information content (AvgIpc) is 2.03. The van der Waals surface area contributed by atoms with E-state index in [1.165, 1.54) is 0 Å². The van der Waals surface area contributed by atoms with Crippen LogP contribution in [0, 0.1) is 5.41 Å². The van der Waals surface area contributed by atoms with Crippen LogP contribution in [0.1, 0.15) is 11.3 Å². The molecule has 0 saturated carbocycles. The number of nitrogens with two attached hydrogens (primary N) is 1. The first-order chi connectivity index (χ1) is 5.91. The normalized spacial score (nSPS) is 11.3. The summed E-state index contributed by atoms with van der Waals surface area (Å²) in [6, 6.07) is 1.90. The van der Waals surface area contributed by atoms with Crippen molar-refractivity contribution in [1.82, 2.24) is 4.98 Å². The fourth-order valence-electron chi connectivity index (χ4n) is 0.721. The molecule has 0 fully saturated rings. The van der Waals surface area contributed by atoms with Crippen LogP contribution >= 0.6 is 0 Å². The minimum Gasteiger partial charge on any atom is -0.384 e. The molecule has 13 heavy (non-hydrogen) atoms. The highest BCUT2D eigenvalue weighted by atomic mass is 19.4. The van der Waals surface area contributed by atoms with Gasteiger partial charge < -0.3 is 5.73 Å². The highest BCUT2D eigenvalue weighted by Gasteiger charge is 2.31. The Morgan fingerprint density at radius 1 is 1.38 bits per heavy atom. The molecule has 1 heterocycles. The van der Waals surface area contributed by atoms with Crippen molar-refractivity contribution in [2.45, 2.75) is 6.18 Å². The first-order valence-electron chi connectivity index (χ1n) is 3.29. The summed E-state index contributed by atoms with van der Waals surface area (Å²) in [5.74, 6) is -0.304. The minimum atomic E-state index is -4.45. The van der Waals surface area contributed by atoms with Gasteiger partial charge in [0.1, 0.15) is 11.5 Å². The Balaban J connectivity index is 3.01. The molecule has 0 spiro atoms. The van der Waals surface area contributed by atoms with Gasteiger partial charge in [-0.2, -0.15) is 13.2 Å². The van der Waals surface area contributed by atoms with E-state index in [0.29, 0.717) is 0 Å². The maximum atomic E-state index is 12.0. The lowest BCUT2D eigenvalue weighted by Crippen LogP contribution is -2.13. The number of hydrogen-bond donors (Lipinski definition) is 2. The predicted molar refractivity (Wildman–Crippen MR) is 40.3 cm³/mol.